The van der Waals surface area contributed by atoms with Gasteiger partial charge in [0.25, 0.3) is 0 Å². The standard InChI is InChI=1S/C52H39NS/c1-34(36-15-5-3-6-16-36)33-39-28-27-38-30-31-43-44(50(38)35(39)2)22-14-26-49(43)53(40-18-7-4-8-19-40)48-25-12-11-21-42(48)45-23-13-24-46-47-32-29-37-17-9-10-20-41(37)51(47)54-52(45)46/h4-5,7-32H,1,3,6,33H2,2H3. The van der Waals surface area contributed by atoms with Crippen molar-refractivity contribution in [2.24, 2.45) is 0 Å². The van der Waals surface area contributed by atoms with Crippen LogP contribution in [0.3, 0.4) is 0 Å². The second-order valence-corrected chi connectivity index (χ2v) is 15.5. The number of hydrogen-bond donors (Lipinski definition) is 0. The fourth-order valence-electron chi connectivity index (χ4n) is 8.61. The van der Waals surface area contributed by atoms with Crippen LogP contribution in [0, 0.1) is 6.92 Å². The van der Waals surface area contributed by atoms with Crippen molar-refractivity contribution in [2.45, 2.75) is 26.2 Å². The number of nitrogens with zero attached hydrogens (tertiary/aromatic N) is 1. The summed E-state index contributed by atoms with van der Waals surface area (Å²) < 4.78 is 2.66. The van der Waals surface area contributed by atoms with Crippen LogP contribution in [0.25, 0.3) is 63.6 Å². The molecule has 10 rings (SSSR count). The minimum Gasteiger partial charge on any atom is -0.309 e. The van der Waals surface area contributed by atoms with Crippen LogP contribution in [0.1, 0.15) is 24.0 Å². The summed E-state index contributed by atoms with van der Waals surface area (Å²) >= 11 is 1.91. The summed E-state index contributed by atoms with van der Waals surface area (Å²) in [4.78, 5) is 2.47. The Balaban J connectivity index is 1.17. The highest BCUT2D eigenvalue weighted by molar-refractivity contribution is 7.27. The van der Waals surface area contributed by atoms with Gasteiger partial charge in [-0.05, 0) is 99.7 Å². The maximum absolute atomic E-state index is 4.51. The fourth-order valence-corrected chi connectivity index (χ4v) is 9.97. The zero-order chi connectivity index (χ0) is 36.2. The van der Waals surface area contributed by atoms with E-state index >= 15 is 0 Å². The van der Waals surface area contributed by atoms with E-state index in [0.29, 0.717) is 0 Å². The molecule has 0 amide bonds. The molecule has 0 N–H and O–H groups in total. The molecule has 9 aromatic rings. The Morgan fingerprint density at radius 1 is 0.574 bits per heavy atom. The zero-order valence-electron chi connectivity index (χ0n) is 30.3. The van der Waals surface area contributed by atoms with Crippen molar-refractivity contribution < 1.29 is 0 Å². The first-order chi connectivity index (χ1) is 26.6. The molecule has 0 atom stereocenters. The molecule has 1 aliphatic carbocycles. The number of para-hydroxylation sites is 2. The van der Waals surface area contributed by atoms with E-state index in [1.165, 1.54) is 85.9 Å². The predicted octanol–water partition coefficient (Wildman–Crippen LogP) is 15.3. The minimum atomic E-state index is 0.844. The number of anilines is 3. The lowest BCUT2D eigenvalue weighted by Crippen LogP contribution is -2.11. The summed E-state index contributed by atoms with van der Waals surface area (Å²) in [6.45, 7) is 6.81. The SMILES string of the molecule is C=C(Cc1ccc2ccc3c(N(c4ccccc4)c4ccccc4-c4cccc5c4sc4c6ccccc6ccc54)cccc3c2c1C)C1=CCCC=C1. The molecule has 0 radical (unpaired) electrons. The Labute approximate surface area is 320 Å². The van der Waals surface area contributed by atoms with Crippen LogP contribution in [-0.4, -0.2) is 0 Å². The lowest BCUT2D eigenvalue weighted by Gasteiger charge is -2.29. The van der Waals surface area contributed by atoms with E-state index in [0.717, 1.165) is 36.3 Å². The van der Waals surface area contributed by atoms with E-state index < -0.39 is 0 Å². The molecule has 0 saturated carbocycles. The third-order valence-corrected chi connectivity index (χ3v) is 12.6. The number of rotatable bonds is 7. The molecule has 0 bridgehead atoms. The molecule has 2 heteroatoms. The third-order valence-electron chi connectivity index (χ3n) is 11.3. The average molecular weight is 710 g/mol. The normalized spacial score (nSPS) is 12.9. The van der Waals surface area contributed by atoms with Gasteiger partial charge in [0, 0.05) is 42.4 Å². The van der Waals surface area contributed by atoms with Crippen LogP contribution in [-0.2, 0) is 6.42 Å². The molecule has 0 spiro atoms. The Kier molecular flexibility index (Phi) is 8.00. The van der Waals surface area contributed by atoms with Gasteiger partial charge in [-0.3, -0.25) is 0 Å². The van der Waals surface area contributed by atoms with Crippen molar-refractivity contribution in [1.29, 1.82) is 0 Å². The van der Waals surface area contributed by atoms with Crippen molar-refractivity contribution in [3.8, 4) is 11.1 Å². The molecule has 1 aromatic heterocycles. The largest absolute Gasteiger partial charge is 0.309 e. The van der Waals surface area contributed by atoms with Gasteiger partial charge in [0.2, 0.25) is 0 Å². The van der Waals surface area contributed by atoms with Gasteiger partial charge in [-0.1, -0.05) is 152 Å². The topological polar surface area (TPSA) is 3.24 Å². The van der Waals surface area contributed by atoms with Gasteiger partial charge in [0.15, 0.2) is 0 Å². The van der Waals surface area contributed by atoms with E-state index in [-0.39, 0.29) is 0 Å². The molecule has 258 valence electrons. The lowest BCUT2D eigenvalue weighted by atomic mass is 9.89. The van der Waals surface area contributed by atoms with Gasteiger partial charge in [0.1, 0.15) is 0 Å². The molecular weight excluding hydrogens is 671 g/mol. The number of fused-ring (bicyclic) bond motifs is 8. The number of thiophene rings is 1. The molecule has 1 heterocycles. The summed E-state index contributed by atoms with van der Waals surface area (Å²) in [6, 6.07) is 55.9. The van der Waals surface area contributed by atoms with Gasteiger partial charge in [0.05, 0.1) is 11.4 Å². The number of allylic oxidation sites excluding steroid dienone is 5. The first kappa shape index (κ1) is 32.4. The van der Waals surface area contributed by atoms with Gasteiger partial charge in [-0.2, -0.15) is 0 Å². The first-order valence-electron chi connectivity index (χ1n) is 18.9. The molecule has 1 aliphatic rings. The monoisotopic (exact) mass is 709 g/mol. The summed E-state index contributed by atoms with van der Waals surface area (Å²) in [5, 5.41) is 10.3. The van der Waals surface area contributed by atoms with Gasteiger partial charge >= 0.3 is 0 Å². The minimum absolute atomic E-state index is 0.844. The van der Waals surface area contributed by atoms with Crippen molar-refractivity contribution in [3.63, 3.8) is 0 Å². The third kappa shape index (κ3) is 5.37. The van der Waals surface area contributed by atoms with Gasteiger partial charge in [-0.15, -0.1) is 11.3 Å². The molecule has 0 saturated heterocycles. The van der Waals surface area contributed by atoms with E-state index in [4.69, 9.17) is 0 Å². The molecule has 0 unspecified atom stereocenters. The number of aryl methyl sites for hydroxylation is 1. The summed E-state index contributed by atoms with van der Waals surface area (Å²) in [6.07, 6.45) is 9.89. The fraction of sp³-hybridized carbons (Fsp3) is 0.0769. The van der Waals surface area contributed by atoms with Crippen LogP contribution < -0.4 is 4.90 Å². The zero-order valence-corrected chi connectivity index (χ0v) is 31.2. The van der Waals surface area contributed by atoms with E-state index in [1.54, 1.807) is 0 Å². The van der Waals surface area contributed by atoms with Gasteiger partial charge < -0.3 is 4.90 Å². The maximum Gasteiger partial charge on any atom is 0.0540 e. The predicted molar refractivity (Wildman–Crippen MR) is 236 cm³/mol. The Morgan fingerprint density at radius 3 is 2.15 bits per heavy atom. The van der Waals surface area contributed by atoms with Gasteiger partial charge in [-0.25, -0.2) is 0 Å². The van der Waals surface area contributed by atoms with E-state index in [9.17, 15) is 0 Å². The Bertz CT molecular complexity index is 3000. The summed E-state index contributed by atoms with van der Waals surface area (Å²) in [7, 11) is 0. The first-order valence-corrected chi connectivity index (χ1v) is 19.7. The van der Waals surface area contributed by atoms with Crippen LogP contribution in [0.2, 0.25) is 0 Å². The summed E-state index contributed by atoms with van der Waals surface area (Å²) in [5.41, 5.74) is 11.0. The Morgan fingerprint density at radius 2 is 1.26 bits per heavy atom. The quantitative estimate of drug-likeness (QED) is 0.149. The molecule has 1 nitrogen and oxygen atoms in total. The van der Waals surface area contributed by atoms with Crippen LogP contribution in [0.4, 0.5) is 17.1 Å². The van der Waals surface area contributed by atoms with Crippen molar-refractivity contribution in [1.82, 2.24) is 0 Å². The maximum atomic E-state index is 4.51. The highest BCUT2D eigenvalue weighted by Gasteiger charge is 2.22. The smallest absolute Gasteiger partial charge is 0.0540 e. The molecular formula is C52H39NS. The van der Waals surface area contributed by atoms with E-state index in [1.807, 2.05) is 11.3 Å². The van der Waals surface area contributed by atoms with Crippen molar-refractivity contribution in [3.05, 3.63) is 199 Å². The second-order valence-electron chi connectivity index (χ2n) is 14.4. The van der Waals surface area contributed by atoms with Crippen molar-refractivity contribution >= 4 is 80.9 Å². The highest BCUT2D eigenvalue weighted by atomic mass is 32.1. The van der Waals surface area contributed by atoms with Crippen molar-refractivity contribution in [2.75, 3.05) is 4.90 Å². The lowest BCUT2D eigenvalue weighted by molar-refractivity contribution is 1.01. The van der Waals surface area contributed by atoms with Crippen LogP contribution >= 0.6 is 11.3 Å². The Hall–Kier alpha value is -6.22. The highest BCUT2D eigenvalue weighted by Crippen LogP contribution is 2.48. The summed E-state index contributed by atoms with van der Waals surface area (Å²) in [5.74, 6) is 0. The molecule has 8 aromatic carbocycles. The van der Waals surface area contributed by atoms with E-state index in [2.05, 4.69) is 188 Å². The van der Waals surface area contributed by atoms with Crippen LogP contribution in [0.5, 0.6) is 0 Å². The molecule has 54 heavy (non-hydrogen) atoms. The number of benzene rings is 8. The molecule has 0 aliphatic heterocycles. The second kappa shape index (κ2) is 13.3. The van der Waals surface area contributed by atoms with Crippen LogP contribution in [0.15, 0.2) is 188 Å². The molecule has 0 fully saturated rings. The average Bonchev–Trinajstić information content (AvgIpc) is 3.62. The number of hydrogen-bond acceptors (Lipinski definition) is 2.